The van der Waals surface area contributed by atoms with E-state index in [4.69, 9.17) is 11.6 Å². The molecule has 0 aliphatic carbocycles. The minimum absolute atomic E-state index is 0.00440. The lowest BCUT2D eigenvalue weighted by atomic mass is 10.2. The fourth-order valence-electron chi connectivity index (χ4n) is 2.57. The van der Waals surface area contributed by atoms with Crippen LogP contribution >= 0.6 is 11.6 Å². The second-order valence-electron chi connectivity index (χ2n) is 5.94. The average molecular weight is 441 g/mol. The second-order valence-corrected chi connectivity index (χ2v) is 8.28. The Morgan fingerprint density at radius 2 is 1.69 bits per heavy atom. The van der Waals surface area contributed by atoms with Crippen LogP contribution in [0, 0.1) is 10.1 Å². The molecular weight excluding hydrogens is 420 g/mol. The molecule has 156 valence electrons. The summed E-state index contributed by atoms with van der Waals surface area (Å²) in [5.41, 5.74) is 0.538. The Hall–Kier alpha value is -2.69. The maximum Gasteiger partial charge on any atom is 0.289 e. The zero-order valence-corrected chi connectivity index (χ0v) is 17.5. The molecule has 2 aromatic carbocycles. The topological polar surface area (TPSA) is 122 Å². The Morgan fingerprint density at radius 3 is 2.24 bits per heavy atom. The lowest BCUT2D eigenvalue weighted by molar-refractivity contribution is -0.384. The summed E-state index contributed by atoms with van der Waals surface area (Å²) in [6.07, 6.45) is 0. The number of nitro benzene ring substituents is 1. The van der Waals surface area contributed by atoms with Crippen molar-refractivity contribution in [2.45, 2.75) is 18.7 Å². The zero-order valence-electron chi connectivity index (χ0n) is 15.9. The number of hydrogen-bond donors (Lipinski definition) is 2. The molecule has 0 unspecified atom stereocenters. The van der Waals surface area contributed by atoms with E-state index in [0.717, 1.165) is 0 Å². The van der Waals surface area contributed by atoms with Crippen molar-refractivity contribution in [3.63, 3.8) is 0 Å². The standard InChI is InChI=1S/C18H21ClN4O5S/c1-3-22(4-2)29(27,28)15-8-5-13(6-9-15)21-18(24)12-20-14-7-10-16(19)17(11-14)23(25)26/h5-11,20H,3-4,12H2,1-2H3,(H,21,24). The highest BCUT2D eigenvalue weighted by atomic mass is 35.5. The van der Waals surface area contributed by atoms with Crippen LogP contribution in [0.25, 0.3) is 0 Å². The summed E-state index contributed by atoms with van der Waals surface area (Å²) in [4.78, 5) is 22.5. The summed E-state index contributed by atoms with van der Waals surface area (Å²) in [6, 6.07) is 9.99. The number of carbonyl (C=O) groups excluding carboxylic acids is 1. The molecule has 1 amide bonds. The van der Waals surface area contributed by atoms with Gasteiger partial charge in [-0.25, -0.2) is 8.42 Å². The maximum absolute atomic E-state index is 12.5. The molecule has 0 aliphatic rings. The number of rotatable bonds is 9. The van der Waals surface area contributed by atoms with Gasteiger partial charge in [-0.1, -0.05) is 25.4 Å². The summed E-state index contributed by atoms with van der Waals surface area (Å²) >= 11 is 5.75. The van der Waals surface area contributed by atoms with Crippen molar-refractivity contribution in [2.24, 2.45) is 0 Å². The van der Waals surface area contributed by atoms with Crippen LogP contribution < -0.4 is 10.6 Å². The predicted molar refractivity (Wildman–Crippen MR) is 112 cm³/mol. The highest BCUT2D eigenvalue weighted by Crippen LogP contribution is 2.27. The quantitative estimate of drug-likeness (QED) is 0.455. The summed E-state index contributed by atoms with van der Waals surface area (Å²) < 4.78 is 26.3. The van der Waals surface area contributed by atoms with E-state index in [-0.39, 0.29) is 22.2 Å². The molecule has 2 rings (SSSR count). The molecule has 0 saturated heterocycles. The molecular formula is C18H21ClN4O5S. The number of halogens is 1. The summed E-state index contributed by atoms with van der Waals surface area (Å²) in [6.45, 7) is 4.12. The van der Waals surface area contributed by atoms with Gasteiger partial charge in [-0.15, -0.1) is 0 Å². The van der Waals surface area contributed by atoms with Gasteiger partial charge in [-0.05, 0) is 36.4 Å². The molecule has 29 heavy (non-hydrogen) atoms. The molecule has 0 saturated carbocycles. The smallest absolute Gasteiger partial charge is 0.289 e. The van der Waals surface area contributed by atoms with Gasteiger partial charge in [0.1, 0.15) is 5.02 Å². The van der Waals surface area contributed by atoms with Crippen LogP contribution in [0.2, 0.25) is 5.02 Å². The predicted octanol–water partition coefficient (Wildman–Crippen LogP) is 3.33. The number of nitrogens with one attached hydrogen (secondary N) is 2. The van der Waals surface area contributed by atoms with Crippen LogP contribution in [0.1, 0.15) is 13.8 Å². The molecule has 0 aromatic heterocycles. The summed E-state index contributed by atoms with van der Waals surface area (Å²) in [7, 11) is -3.56. The van der Waals surface area contributed by atoms with Crippen LogP contribution in [0.15, 0.2) is 47.4 Å². The minimum atomic E-state index is -3.56. The van der Waals surface area contributed by atoms with Gasteiger partial charge in [0, 0.05) is 30.5 Å². The third kappa shape index (κ3) is 5.66. The van der Waals surface area contributed by atoms with Gasteiger partial charge < -0.3 is 10.6 Å². The van der Waals surface area contributed by atoms with Crippen molar-refractivity contribution in [3.8, 4) is 0 Å². The molecule has 0 spiro atoms. The number of nitrogens with zero attached hydrogens (tertiary/aromatic N) is 2. The van der Waals surface area contributed by atoms with Gasteiger partial charge >= 0.3 is 0 Å². The molecule has 2 N–H and O–H groups in total. The van der Waals surface area contributed by atoms with Gasteiger partial charge in [0.25, 0.3) is 5.69 Å². The number of anilines is 2. The fraction of sp³-hybridized carbons (Fsp3) is 0.278. The zero-order chi connectivity index (χ0) is 21.6. The van der Waals surface area contributed by atoms with E-state index in [1.165, 1.54) is 46.8 Å². The first-order valence-electron chi connectivity index (χ1n) is 8.77. The number of carbonyl (C=O) groups is 1. The van der Waals surface area contributed by atoms with E-state index in [2.05, 4.69) is 10.6 Å². The van der Waals surface area contributed by atoms with Gasteiger partial charge in [0.15, 0.2) is 0 Å². The first kappa shape index (κ1) is 22.6. The van der Waals surface area contributed by atoms with Crippen molar-refractivity contribution in [2.75, 3.05) is 30.3 Å². The Balaban J connectivity index is 2.00. The first-order chi connectivity index (χ1) is 13.7. The van der Waals surface area contributed by atoms with Crippen molar-refractivity contribution in [3.05, 3.63) is 57.6 Å². The maximum atomic E-state index is 12.5. The molecule has 11 heteroatoms. The third-order valence-electron chi connectivity index (χ3n) is 4.08. The van der Waals surface area contributed by atoms with Crippen LogP contribution in [-0.2, 0) is 14.8 Å². The largest absolute Gasteiger partial charge is 0.376 e. The van der Waals surface area contributed by atoms with Gasteiger partial charge in [-0.3, -0.25) is 14.9 Å². The molecule has 0 heterocycles. The molecule has 9 nitrogen and oxygen atoms in total. The van der Waals surface area contributed by atoms with Crippen molar-refractivity contribution in [1.29, 1.82) is 0 Å². The Labute approximate surface area is 173 Å². The molecule has 0 fully saturated rings. The molecule has 0 aliphatic heterocycles. The van der Waals surface area contributed by atoms with Crippen molar-refractivity contribution >= 4 is 44.6 Å². The lowest BCUT2D eigenvalue weighted by Gasteiger charge is -2.18. The van der Waals surface area contributed by atoms with Crippen LogP contribution in [0.5, 0.6) is 0 Å². The van der Waals surface area contributed by atoms with Crippen molar-refractivity contribution < 1.29 is 18.1 Å². The number of benzene rings is 2. The van der Waals surface area contributed by atoms with Crippen LogP contribution in [0.4, 0.5) is 17.1 Å². The Bertz CT molecular complexity index is 992. The van der Waals surface area contributed by atoms with Gasteiger partial charge in [0.05, 0.1) is 16.4 Å². The number of nitro groups is 1. The van der Waals surface area contributed by atoms with E-state index in [1.807, 2.05) is 0 Å². The van der Waals surface area contributed by atoms with E-state index < -0.39 is 20.9 Å². The van der Waals surface area contributed by atoms with Crippen molar-refractivity contribution in [1.82, 2.24) is 4.31 Å². The number of hydrogen-bond acceptors (Lipinski definition) is 6. The summed E-state index contributed by atoms with van der Waals surface area (Å²) in [5, 5.41) is 16.3. The van der Waals surface area contributed by atoms with E-state index in [0.29, 0.717) is 24.5 Å². The summed E-state index contributed by atoms with van der Waals surface area (Å²) in [5.74, 6) is -0.401. The first-order valence-corrected chi connectivity index (χ1v) is 10.6. The van der Waals surface area contributed by atoms with E-state index in [9.17, 15) is 23.3 Å². The normalized spacial score (nSPS) is 11.3. The highest BCUT2D eigenvalue weighted by molar-refractivity contribution is 7.89. The molecule has 0 radical (unpaired) electrons. The van der Waals surface area contributed by atoms with Gasteiger partial charge in [0.2, 0.25) is 15.9 Å². The van der Waals surface area contributed by atoms with E-state index in [1.54, 1.807) is 13.8 Å². The van der Waals surface area contributed by atoms with Crippen LogP contribution in [0.3, 0.4) is 0 Å². The Kier molecular flexibility index (Phi) is 7.54. The van der Waals surface area contributed by atoms with Crippen LogP contribution in [-0.4, -0.2) is 43.2 Å². The molecule has 0 bridgehead atoms. The minimum Gasteiger partial charge on any atom is -0.376 e. The number of sulfonamides is 1. The van der Waals surface area contributed by atoms with E-state index >= 15 is 0 Å². The average Bonchev–Trinajstić information content (AvgIpc) is 2.68. The third-order valence-corrected chi connectivity index (χ3v) is 6.46. The molecule has 0 atom stereocenters. The second kappa shape index (κ2) is 9.68. The monoisotopic (exact) mass is 440 g/mol. The Morgan fingerprint density at radius 1 is 1.10 bits per heavy atom. The highest BCUT2D eigenvalue weighted by Gasteiger charge is 2.21. The molecule has 2 aromatic rings. The lowest BCUT2D eigenvalue weighted by Crippen LogP contribution is -2.30. The SMILES string of the molecule is CCN(CC)S(=O)(=O)c1ccc(NC(=O)CNc2ccc(Cl)c([N+](=O)[O-])c2)cc1. The van der Waals surface area contributed by atoms with Gasteiger partial charge in [-0.2, -0.15) is 4.31 Å². The number of amides is 1. The fourth-order valence-corrected chi connectivity index (χ4v) is 4.22.